The van der Waals surface area contributed by atoms with Gasteiger partial charge in [0, 0.05) is 45.3 Å². The Balaban J connectivity index is 1.24. The minimum Gasteiger partial charge on any atom is -0.497 e. The van der Waals surface area contributed by atoms with Gasteiger partial charge in [-0.1, -0.05) is 24.3 Å². The molecule has 2 aromatic rings. The van der Waals surface area contributed by atoms with E-state index in [2.05, 4.69) is 29.0 Å². The normalized spacial score (nSPS) is 21.1. The molecule has 2 aromatic carbocycles. The molecule has 0 spiro atoms. The van der Waals surface area contributed by atoms with Gasteiger partial charge in [0.15, 0.2) is 6.61 Å². The largest absolute Gasteiger partial charge is 0.497 e. The smallest absolute Gasteiger partial charge is 0.260 e. The zero-order valence-corrected chi connectivity index (χ0v) is 20.1. The maximum absolute atomic E-state index is 12.2. The molecule has 2 aliphatic heterocycles. The number of likely N-dealkylation sites (tertiary alicyclic amines) is 1. The van der Waals surface area contributed by atoms with Gasteiger partial charge >= 0.3 is 0 Å². The van der Waals surface area contributed by atoms with Gasteiger partial charge in [-0.25, -0.2) is 0 Å². The monoisotopic (exact) mass is 469 g/mol. The van der Waals surface area contributed by atoms with Crippen LogP contribution in [0.25, 0.3) is 0 Å². The summed E-state index contributed by atoms with van der Waals surface area (Å²) in [6.07, 6.45) is -0.392. The molecule has 1 amide bonds. The minimum atomic E-state index is -0.392. The highest BCUT2D eigenvalue weighted by Gasteiger charge is 2.33. The lowest BCUT2D eigenvalue weighted by atomic mass is 10.1. The first-order chi connectivity index (χ1) is 16.5. The third-order valence-corrected chi connectivity index (χ3v) is 6.55. The van der Waals surface area contributed by atoms with Gasteiger partial charge in [0.1, 0.15) is 11.5 Å². The highest BCUT2D eigenvalue weighted by molar-refractivity contribution is 5.77. The Labute approximate surface area is 201 Å². The lowest BCUT2D eigenvalue weighted by molar-refractivity contribution is -0.137. The predicted octanol–water partition coefficient (Wildman–Crippen LogP) is 1.61. The number of aliphatic hydroxyl groups is 1. The number of β-amino-alcohol motifs (C(OH)–C–C–N with tert-alkyl or cyclic N) is 1. The molecule has 0 bridgehead atoms. The van der Waals surface area contributed by atoms with E-state index in [1.165, 1.54) is 5.56 Å². The fourth-order valence-corrected chi connectivity index (χ4v) is 4.54. The summed E-state index contributed by atoms with van der Waals surface area (Å²) in [6, 6.07) is 16.0. The SMILES string of the molecule is COc1ccc(CN(C)[C@@H]2CN(Cc3ccc(OCC(=O)N4CCOCC4)cc3)C[C@H]2O)cc1. The zero-order chi connectivity index (χ0) is 23.9. The van der Waals surface area contributed by atoms with E-state index in [-0.39, 0.29) is 18.6 Å². The van der Waals surface area contributed by atoms with E-state index in [9.17, 15) is 9.90 Å². The first-order valence-electron chi connectivity index (χ1n) is 11.8. The highest BCUT2D eigenvalue weighted by Crippen LogP contribution is 2.21. The van der Waals surface area contributed by atoms with E-state index in [0.29, 0.717) is 38.6 Å². The van der Waals surface area contributed by atoms with Crippen molar-refractivity contribution in [2.75, 3.05) is 60.2 Å². The second kappa shape index (κ2) is 11.7. The molecule has 1 N–H and O–H groups in total. The molecule has 0 aliphatic carbocycles. The van der Waals surface area contributed by atoms with Gasteiger partial charge in [-0.15, -0.1) is 0 Å². The van der Waals surface area contributed by atoms with E-state index in [4.69, 9.17) is 14.2 Å². The lowest BCUT2D eigenvalue weighted by Gasteiger charge is -2.27. The van der Waals surface area contributed by atoms with Crippen LogP contribution in [-0.2, 0) is 22.6 Å². The quantitative estimate of drug-likeness (QED) is 0.598. The summed E-state index contributed by atoms with van der Waals surface area (Å²) in [7, 11) is 3.73. The minimum absolute atomic E-state index is 0.0109. The summed E-state index contributed by atoms with van der Waals surface area (Å²) in [5, 5.41) is 10.7. The molecule has 8 nitrogen and oxygen atoms in total. The van der Waals surface area contributed by atoms with Gasteiger partial charge in [0.05, 0.1) is 26.4 Å². The number of ether oxygens (including phenoxy) is 3. The summed E-state index contributed by atoms with van der Waals surface area (Å²) in [4.78, 5) is 18.5. The number of carbonyl (C=O) groups is 1. The van der Waals surface area contributed by atoms with Crippen LogP contribution >= 0.6 is 0 Å². The Kier molecular flexibility index (Phi) is 8.39. The predicted molar refractivity (Wildman–Crippen MR) is 129 cm³/mol. The molecule has 0 unspecified atom stereocenters. The Morgan fingerprint density at radius 1 is 1.03 bits per heavy atom. The van der Waals surface area contributed by atoms with E-state index < -0.39 is 6.10 Å². The van der Waals surface area contributed by atoms with Crippen LogP contribution in [0.2, 0.25) is 0 Å². The molecular weight excluding hydrogens is 434 g/mol. The van der Waals surface area contributed by atoms with Gasteiger partial charge in [0.2, 0.25) is 0 Å². The van der Waals surface area contributed by atoms with Crippen molar-refractivity contribution >= 4 is 5.91 Å². The Bertz CT molecular complexity index is 915. The number of morpholine rings is 1. The molecule has 184 valence electrons. The average molecular weight is 470 g/mol. The Morgan fingerprint density at radius 2 is 1.68 bits per heavy atom. The highest BCUT2D eigenvalue weighted by atomic mass is 16.5. The van der Waals surface area contributed by atoms with Crippen molar-refractivity contribution in [2.45, 2.75) is 25.2 Å². The van der Waals surface area contributed by atoms with Gasteiger partial charge in [0.25, 0.3) is 5.91 Å². The van der Waals surface area contributed by atoms with Gasteiger partial charge in [-0.05, 0) is 42.4 Å². The summed E-state index contributed by atoms with van der Waals surface area (Å²) in [6.45, 7) is 5.45. The van der Waals surface area contributed by atoms with Crippen molar-refractivity contribution < 1.29 is 24.1 Å². The van der Waals surface area contributed by atoms with Crippen LogP contribution in [0.1, 0.15) is 11.1 Å². The van der Waals surface area contributed by atoms with Crippen molar-refractivity contribution in [3.8, 4) is 11.5 Å². The van der Waals surface area contributed by atoms with Gasteiger partial charge < -0.3 is 24.2 Å². The van der Waals surface area contributed by atoms with E-state index in [1.807, 2.05) is 36.4 Å². The second-order valence-corrected chi connectivity index (χ2v) is 9.02. The molecule has 2 saturated heterocycles. The molecule has 0 radical (unpaired) electrons. The molecule has 34 heavy (non-hydrogen) atoms. The molecule has 2 heterocycles. The number of amides is 1. The van der Waals surface area contributed by atoms with Crippen molar-refractivity contribution in [1.29, 1.82) is 0 Å². The standard InChI is InChI=1S/C26H35N3O5/c1-27(15-20-3-7-22(32-2)8-4-20)24-17-28(18-25(24)30)16-21-5-9-23(10-6-21)34-19-26(31)29-11-13-33-14-12-29/h3-10,24-25,30H,11-19H2,1-2H3/t24-,25-/m1/s1. The first kappa shape index (κ1) is 24.5. The fourth-order valence-electron chi connectivity index (χ4n) is 4.54. The van der Waals surface area contributed by atoms with Crippen LogP contribution < -0.4 is 9.47 Å². The van der Waals surface area contributed by atoms with Crippen LogP contribution in [0.15, 0.2) is 48.5 Å². The van der Waals surface area contributed by atoms with Crippen LogP contribution in [0.3, 0.4) is 0 Å². The maximum atomic E-state index is 12.2. The zero-order valence-electron chi connectivity index (χ0n) is 20.1. The summed E-state index contributed by atoms with van der Waals surface area (Å²) in [5.74, 6) is 1.52. The van der Waals surface area contributed by atoms with E-state index in [0.717, 1.165) is 30.9 Å². The summed E-state index contributed by atoms with van der Waals surface area (Å²) < 4.78 is 16.2. The lowest BCUT2D eigenvalue weighted by Crippen LogP contribution is -2.42. The molecule has 4 rings (SSSR count). The van der Waals surface area contributed by atoms with E-state index >= 15 is 0 Å². The fraction of sp³-hybridized carbons (Fsp3) is 0.500. The molecule has 2 fully saturated rings. The Hall–Kier alpha value is -2.65. The summed E-state index contributed by atoms with van der Waals surface area (Å²) >= 11 is 0. The number of carbonyl (C=O) groups excluding carboxylic acids is 1. The number of nitrogens with zero attached hydrogens (tertiary/aromatic N) is 3. The number of benzene rings is 2. The number of likely N-dealkylation sites (N-methyl/N-ethyl adjacent to an activating group) is 1. The number of hydrogen-bond acceptors (Lipinski definition) is 7. The number of methoxy groups -OCH3 is 1. The van der Waals surface area contributed by atoms with Crippen molar-refractivity contribution in [2.24, 2.45) is 0 Å². The molecule has 8 heteroatoms. The molecule has 0 saturated carbocycles. The number of aliphatic hydroxyl groups excluding tert-OH is 1. The number of hydrogen-bond donors (Lipinski definition) is 1. The third-order valence-electron chi connectivity index (χ3n) is 6.55. The Morgan fingerprint density at radius 3 is 2.35 bits per heavy atom. The third kappa shape index (κ3) is 6.48. The summed E-state index contributed by atoms with van der Waals surface area (Å²) in [5.41, 5.74) is 2.34. The van der Waals surface area contributed by atoms with Gasteiger partial charge in [-0.2, -0.15) is 0 Å². The van der Waals surface area contributed by atoms with Crippen LogP contribution in [0.4, 0.5) is 0 Å². The van der Waals surface area contributed by atoms with Crippen LogP contribution in [0.5, 0.6) is 11.5 Å². The van der Waals surface area contributed by atoms with Crippen molar-refractivity contribution in [1.82, 2.24) is 14.7 Å². The van der Waals surface area contributed by atoms with Crippen molar-refractivity contribution in [3.63, 3.8) is 0 Å². The molecule has 2 atom stereocenters. The first-order valence-corrected chi connectivity index (χ1v) is 11.8. The van der Waals surface area contributed by atoms with Crippen molar-refractivity contribution in [3.05, 3.63) is 59.7 Å². The van der Waals surface area contributed by atoms with Gasteiger partial charge in [-0.3, -0.25) is 14.6 Å². The second-order valence-electron chi connectivity index (χ2n) is 9.02. The average Bonchev–Trinajstić information content (AvgIpc) is 3.24. The molecule has 2 aliphatic rings. The topological polar surface area (TPSA) is 74.7 Å². The van der Waals surface area contributed by atoms with E-state index in [1.54, 1.807) is 12.0 Å². The van der Waals surface area contributed by atoms with Crippen LogP contribution in [-0.4, -0.2) is 98.0 Å². The van der Waals surface area contributed by atoms with Crippen LogP contribution in [0, 0.1) is 0 Å². The molecular formula is C26H35N3O5. The maximum Gasteiger partial charge on any atom is 0.260 e. The number of rotatable bonds is 9. The molecule has 0 aromatic heterocycles.